The number of unbranched alkanes of at least 4 members (excludes halogenated alkanes) is 2. The molecule has 0 amide bonds. The van der Waals surface area contributed by atoms with Gasteiger partial charge in [-0.25, -0.2) is 0 Å². The summed E-state index contributed by atoms with van der Waals surface area (Å²) in [6.45, 7) is 25.8. The van der Waals surface area contributed by atoms with E-state index in [1.165, 1.54) is 71.6 Å². The summed E-state index contributed by atoms with van der Waals surface area (Å²) in [5.74, 6) is 2.51. The molecule has 0 unspecified atom stereocenters. The lowest BCUT2D eigenvalue weighted by Gasteiger charge is -2.24. The van der Waals surface area contributed by atoms with E-state index in [1.807, 2.05) is 27.7 Å². The smallest absolute Gasteiger partial charge is 0.221 e. The van der Waals surface area contributed by atoms with Crippen LogP contribution in [0.1, 0.15) is 167 Å². The second-order valence-corrected chi connectivity index (χ2v) is 9.02. The predicted octanol–water partition coefficient (Wildman–Crippen LogP) is 11.0. The topological polar surface area (TPSA) is 51.2 Å². The van der Waals surface area contributed by atoms with Gasteiger partial charge in [-0.2, -0.15) is 0 Å². The van der Waals surface area contributed by atoms with Gasteiger partial charge in [0.1, 0.15) is 11.6 Å². The maximum Gasteiger partial charge on any atom is 0.221 e. The molecule has 210 valence electrons. The molecule has 0 N–H and O–H groups in total. The lowest BCUT2D eigenvalue weighted by molar-refractivity contribution is -0.117. The molecule has 0 bridgehead atoms. The van der Waals surface area contributed by atoms with Crippen LogP contribution in [0.15, 0.2) is 0 Å². The molecule has 0 radical (unpaired) electrons. The summed E-state index contributed by atoms with van der Waals surface area (Å²) < 4.78 is 0. The molecular formula is C30H65ClO3. The van der Waals surface area contributed by atoms with Crippen molar-refractivity contribution in [3.63, 3.8) is 0 Å². The molecule has 1 rings (SSSR count). The average Bonchev–Trinajstić information content (AvgIpc) is 2.81. The number of hydrogen-bond donors (Lipinski definition) is 0. The molecule has 3 nitrogen and oxygen atoms in total. The molecule has 1 saturated carbocycles. The minimum Gasteiger partial charge on any atom is -0.300 e. The fourth-order valence-corrected chi connectivity index (χ4v) is 2.12. The zero-order chi connectivity index (χ0) is 28.4. The van der Waals surface area contributed by atoms with Gasteiger partial charge >= 0.3 is 0 Å². The Balaban J connectivity index is -0.0000000705. The van der Waals surface area contributed by atoms with E-state index in [0.29, 0.717) is 12.8 Å². The maximum absolute atomic E-state index is 9.81. The number of Topliss-reactive ketones (excluding diaryl/α,β-unsaturated/α-hetero) is 2. The summed E-state index contributed by atoms with van der Waals surface area (Å²) >= 11 is 4.94. The quantitative estimate of drug-likeness (QED) is 0.335. The third-order valence-electron chi connectivity index (χ3n) is 4.66. The highest BCUT2D eigenvalue weighted by atomic mass is 35.5. The third kappa shape index (κ3) is 85.8. The molecule has 0 atom stereocenters. The van der Waals surface area contributed by atoms with Crippen molar-refractivity contribution >= 4 is 28.4 Å². The molecule has 1 fully saturated rings. The van der Waals surface area contributed by atoms with Gasteiger partial charge in [0.25, 0.3) is 0 Å². The number of ketones is 2. The zero-order valence-electron chi connectivity index (χ0n) is 25.7. The Kier molecular flexibility index (Phi) is 62.7. The highest BCUT2D eigenvalue weighted by molar-refractivity contribution is 6.63. The first-order valence-corrected chi connectivity index (χ1v) is 14.5. The van der Waals surface area contributed by atoms with E-state index in [-0.39, 0.29) is 16.8 Å². The number of carbonyl (C=O) groups excluding carboxylic acids is 3. The highest BCUT2D eigenvalue weighted by Crippen LogP contribution is 2.29. The van der Waals surface area contributed by atoms with Crippen LogP contribution in [-0.4, -0.2) is 16.8 Å². The molecule has 0 aliphatic heterocycles. The zero-order valence-corrected chi connectivity index (χ0v) is 26.5. The highest BCUT2D eigenvalue weighted by Gasteiger charge is 2.15. The standard InChI is InChI=1S/C9H18.C4H7ClO.C4H8O.2C4H10.C3H6O.C2H6/c1-3-9-6-4-8(2)5-7-9;1-2-3-4(5)6;1-3-4(2)5;2*1-3-4-2;1-3(2)4;1-2/h8-9H,3-7H2,1-2H3;2-3H2,1H3;3H2,1-2H3;2*3-4H2,1-2H3;1-2H3;1-2H3. The van der Waals surface area contributed by atoms with Crippen LogP contribution in [0.5, 0.6) is 0 Å². The van der Waals surface area contributed by atoms with E-state index in [1.54, 1.807) is 6.92 Å². The van der Waals surface area contributed by atoms with Gasteiger partial charge in [-0.15, -0.1) is 0 Å². The average molecular weight is 509 g/mol. The molecule has 0 aromatic carbocycles. The van der Waals surface area contributed by atoms with E-state index in [2.05, 4.69) is 41.5 Å². The van der Waals surface area contributed by atoms with Crippen molar-refractivity contribution in [2.75, 3.05) is 0 Å². The van der Waals surface area contributed by atoms with Gasteiger partial charge in [0, 0.05) is 12.8 Å². The Morgan fingerprint density at radius 1 is 0.676 bits per heavy atom. The number of hydrogen-bond acceptors (Lipinski definition) is 3. The second-order valence-electron chi connectivity index (χ2n) is 8.60. The van der Waals surface area contributed by atoms with Crippen LogP contribution in [0.3, 0.4) is 0 Å². The fraction of sp³-hybridized carbons (Fsp3) is 0.900. The van der Waals surface area contributed by atoms with Crippen LogP contribution in [0, 0.1) is 11.8 Å². The molecule has 4 heteroatoms. The largest absolute Gasteiger partial charge is 0.300 e. The molecule has 0 spiro atoms. The van der Waals surface area contributed by atoms with Gasteiger partial charge in [-0.1, -0.05) is 127 Å². The summed E-state index contributed by atoms with van der Waals surface area (Å²) in [5.41, 5.74) is 0. The molecule has 1 aliphatic carbocycles. The second kappa shape index (κ2) is 45.7. The summed E-state index contributed by atoms with van der Waals surface area (Å²) in [6, 6.07) is 0. The predicted molar refractivity (Wildman–Crippen MR) is 157 cm³/mol. The van der Waals surface area contributed by atoms with Crippen molar-refractivity contribution in [1.29, 1.82) is 0 Å². The van der Waals surface area contributed by atoms with Gasteiger partial charge in [0.15, 0.2) is 0 Å². The van der Waals surface area contributed by atoms with Crippen LogP contribution >= 0.6 is 11.6 Å². The van der Waals surface area contributed by atoms with Crippen molar-refractivity contribution in [3.05, 3.63) is 0 Å². The summed E-state index contributed by atoms with van der Waals surface area (Å²) in [7, 11) is 0. The molecule has 0 aromatic rings. The Morgan fingerprint density at radius 3 is 1.09 bits per heavy atom. The number of rotatable bonds is 6. The number of halogens is 1. The van der Waals surface area contributed by atoms with Crippen molar-refractivity contribution in [2.45, 2.75) is 167 Å². The van der Waals surface area contributed by atoms with Crippen LogP contribution in [0.25, 0.3) is 0 Å². The lowest BCUT2D eigenvalue weighted by atomic mass is 9.82. The fourth-order valence-electron chi connectivity index (χ4n) is 1.93. The minimum absolute atomic E-state index is 0.167. The number of carbonyl (C=O) groups is 3. The van der Waals surface area contributed by atoms with Gasteiger partial charge in [0.05, 0.1) is 0 Å². The van der Waals surface area contributed by atoms with Crippen molar-refractivity contribution < 1.29 is 14.4 Å². The van der Waals surface area contributed by atoms with Crippen LogP contribution in [-0.2, 0) is 14.4 Å². The van der Waals surface area contributed by atoms with Gasteiger partial charge < -0.3 is 9.59 Å². The maximum atomic E-state index is 9.81. The van der Waals surface area contributed by atoms with E-state index in [4.69, 9.17) is 11.6 Å². The minimum atomic E-state index is -0.238. The Hall–Kier alpha value is -0.700. The first-order valence-electron chi connectivity index (χ1n) is 14.1. The van der Waals surface area contributed by atoms with Crippen LogP contribution < -0.4 is 0 Å². The normalized spacial score (nSPS) is 15.0. The van der Waals surface area contributed by atoms with Crippen LogP contribution in [0.4, 0.5) is 0 Å². The van der Waals surface area contributed by atoms with Crippen molar-refractivity contribution in [2.24, 2.45) is 11.8 Å². The van der Waals surface area contributed by atoms with Crippen LogP contribution in [0.2, 0.25) is 0 Å². The molecular weight excluding hydrogens is 444 g/mol. The van der Waals surface area contributed by atoms with E-state index >= 15 is 0 Å². The monoisotopic (exact) mass is 508 g/mol. The SMILES string of the molecule is CC.CC(C)=O.CCC(C)=O.CCC1CCC(C)CC1.CCCC.CCCC.CCCC(=O)Cl. The molecule has 0 heterocycles. The summed E-state index contributed by atoms with van der Waals surface area (Å²) in [4.78, 5) is 29.1. The first-order chi connectivity index (χ1) is 15.9. The Labute approximate surface area is 221 Å². The third-order valence-corrected chi connectivity index (χ3v) is 4.85. The molecule has 0 saturated heterocycles. The van der Waals surface area contributed by atoms with Crippen molar-refractivity contribution in [1.82, 2.24) is 0 Å². The van der Waals surface area contributed by atoms with Gasteiger partial charge in [-0.05, 0) is 50.6 Å². The molecule has 0 aromatic heterocycles. The van der Waals surface area contributed by atoms with E-state index < -0.39 is 0 Å². The Bertz CT molecular complexity index is 361. The molecule has 1 aliphatic rings. The summed E-state index contributed by atoms with van der Waals surface area (Å²) in [5, 5.41) is -0.238. The van der Waals surface area contributed by atoms with Gasteiger partial charge in [0.2, 0.25) is 5.24 Å². The van der Waals surface area contributed by atoms with Crippen molar-refractivity contribution in [3.8, 4) is 0 Å². The first kappa shape index (κ1) is 46.6. The van der Waals surface area contributed by atoms with E-state index in [9.17, 15) is 14.4 Å². The van der Waals surface area contributed by atoms with Gasteiger partial charge in [-0.3, -0.25) is 4.79 Å². The molecule has 34 heavy (non-hydrogen) atoms. The van der Waals surface area contributed by atoms with E-state index in [0.717, 1.165) is 18.3 Å². The Morgan fingerprint density at radius 2 is 0.971 bits per heavy atom. The summed E-state index contributed by atoms with van der Waals surface area (Å²) in [6.07, 6.45) is 14.7. The lowest BCUT2D eigenvalue weighted by Crippen LogP contribution is -2.10.